The van der Waals surface area contributed by atoms with Crippen LogP contribution in [0.2, 0.25) is 0 Å². The van der Waals surface area contributed by atoms with Crippen molar-refractivity contribution in [2.75, 3.05) is 0 Å². The topological polar surface area (TPSA) is 82.2 Å². The molecule has 1 aliphatic rings. The zero-order chi connectivity index (χ0) is 23.2. The van der Waals surface area contributed by atoms with Gasteiger partial charge in [0, 0.05) is 58.3 Å². The molecule has 0 radical (unpaired) electrons. The summed E-state index contributed by atoms with van der Waals surface area (Å²) in [7, 11) is -1.58. The van der Waals surface area contributed by atoms with E-state index in [1.54, 1.807) is 10.8 Å². The maximum Gasteiger partial charge on any atom is 0.170 e. The summed E-state index contributed by atoms with van der Waals surface area (Å²) in [6.07, 6.45) is 13.4. The molecule has 0 aliphatic heterocycles. The largest absolute Gasteiger partial charge is 0.310 e. The lowest BCUT2D eigenvalue weighted by atomic mass is 9.85. The Kier molecular flexibility index (Phi) is 5.10. The highest BCUT2D eigenvalue weighted by Gasteiger charge is 2.27. The number of carbonyl (C=O) groups excluding carboxylic acids is 1. The Balaban J connectivity index is 1.53. The summed E-state index contributed by atoms with van der Waals surface area (Å²) in [6, 6.07) is 11.4. The first-order valence-corrected chi connectivity index (χ1v) is 12.6. The van der Waals surface area contributed by atoms with Gasteiger partial charge in [0.2, 0.25) is 0 Å². The average molecular weight is 470 g/mol. The maximum atomic E-state index is 13.5. The number of benzene rings is 1. The zero-order valence-electron chi connectivity index (χ0n) is 18.7. The molecule has 0 saturated heterocycles. The third-order valence-corrected chi connectivity index (χ3v) is 8.14. The molecule has 0 amide bonds. The van der Waals surface area contributed by atoms with Gasteiger partial charge in [-0.15, -0.1) is 0 Å². The standard InChI is InChI=1S/C26H23N5O2S/c1-17-5-8-20(9-6-17)34(33)24(16-32)31-15-22(19-7-10-23-27-11-12-30(23)14-19)21-13-28-25(29-26(21)31)18-3-2-4-18/h5-16,18,24H,2-4H2,1H3. The molecule has 0 N–H and O–H groups in total. The van der Waals surface area contributed by atoms with Gasteiger partial charge < -0.3 is 8.97 Å². The number of aromatic nitrogens is 5. The van der Waals surface area contributed by atoms with Gasteiger partial charge in [-0.2, -0.15) is 0 Å². The van der Waals surface area contributed by atoms with Crippen LogP contribution < -0.4 is 0 Å². The molecule has 1 saturated carbocycles. The number of carbonyl (C=O) groups is 1. The molecule has 1 aromatic carbocycles. The van der Waals surface area contributed by atoms with Gasteiger partial charge in [-0.25, -0.2) is 15.0 Å². The highest BCUT2D eigenvalue weighted by atomic mass is 32.2. The minimum atomic E-state index is -1.58. The third kappa shape index (κ3) is 3.45. The van der Waals surface area contributed by atoms with Crippen molar-refractivity contribution in [2.24, 2.45) is 0 Å². The number of aryl methyl sites for hydroxylation is 1. The number of fused-ring (bicyclic) bond motifs is 2. The Labute approximate surface area is 199 Å². The van der Waals surface area contributed by atoms with E-state index < -0.39 is 16.2 Å². The highest BCUT2D eigenvalue weighted by Crippen LogP contribution is 2.37. The predicted octanol–water partition coefficient (Wildman–Crippen LogP) is 4.83. The molecule has 4 aromatic heterocycles. The fourth-order valence-corrected chi connectivity index (χ4v) is 5.59. The minimum Gasteiger partial charge on any atom is -0.310 e. The molecule has 1 aliphatic carbocycles. The van der Waals surface area contributed by atoms with Crippen LogP contribution in [0.25, 0.3) is 27.8 Å². The Morgan fingerprint density at radius 3 is 2.65 bits per heavy atom. The molecule has 2 unspecified atom stereocenters. The summed E-state index contributed by atoms with van der Waals surface area (Å²) < 4.78 is 17.2. The first-order valence-electron chi connectivity index (χ1n) is 11.4. The van der Waals surface area contributed by atoms with Crippen molar-refractivity contribution in [3.63, 3.8) is 0 Å². The SMILES string of the molecule is Cc1ccc(S(=O)C(C=O)n2cc(-c3ccc4nccn4c3)c3cnc(C4CCC4)nc32)cc1. The lowest BCUT2D eigenvalue weighted by molar-refractivity contribution is -0.108. The second kappa shape index (κ2) is 8.29. The van der Waals surface area contributed by atoms with Gasteiger partial charge in [0.15, 0.2) is 11.7 Å². The molecular weight excluding hydrogens is 446 g/mol. The van der Waals surface area contributed by atoms with Gasteiger partial charge in [0.05, 0.1) is 10.8 Å². The van der Waals surface area contributed by atoms with Crippen molar-refractivity contribution in [3.05, 3.63) is 78.8 Å². The molecule has 7 nitrogen and oxygen atoms in total. The van der Waals surface area contributed by atoms with Crippen molar-refractivity contribution < 1.29 is 9.00 Å². The smallest absolute Gasteiger partial charge is 0.170 e. The van der Waals surface area contributed by atoms with Crippen LogP contribution in [-0.2, 0) is 15.6 Å². The van der Waals surface area contributed by atoms with Crippen molar-refractivity contribution in [3.8, 4) is 11.1 Å². The van der Waals surface area contributed by atoms with Crippen LogP contribution in [0.3, 0.4) is 0 Å². The van der Waals surface area contributed by atoms with E-state index in [9.17, 15) is 9.00 Å². The van der Waals surface area contributed by atoms with Crippen molar-refractivity contribution >= 4 is 33.8 Å². The van der Waals surface area contributed by atoms with Crippen LogP contribution in [-0.4, -0.2) is 34.4 Å². The van der Waals surface area contributed by atoms with Crippen LogP contribution in [0.1, 0.15) is 41.9 Å². The number of nitrogens with zero attached hydrogens (tertiary/aromatic N) is 5. The quantitative estimate of drug-likeness (QED) is 0.333. The van der Waals surface area contributed by atoms with Gasteiger partial charge >= 0.3 is 0 Å². The van der Waals surface area contributed by atoms with Crippen LogP contribution in [0.4, 0.5) is 0 Å². The number of aldehydes is 1. The van der Waals surface area contributed by atoms with Gasteiger partial charge in [0.25, 0.3) is 0 Å². The summed E-state index contributed by atoms with van der Waals surface area (Å²) in [5.41, 5.74) is 4.39. The molecule has 0 bridgehead atoms. The Hall–Kier alpha value is -3.65. The second-order valence-corrected chi connectivity index (χ2v) is 10.3. The summed E-state index contributed by atoms with van der Waals surface area (Å²) in [5, 5.41) is -0.0737. The normalized spacial score (nSPS) is 15.9. The van der Waals surface area contributed by atoms with E-state index in [2.05, 4.69) is 9.97 Å². The van der Waals surface area contributed by atoms with Gasteiger partial charge in [-0.1, -0.05) is 24.1 Å². The van der Waals surface area contributed by atoms with Crippen molar-refractivity contribution in [1.82, 2.24) is 23.9 Å². The molecule has 4 heterocycles. The van der Waals surface area contributed by atoms with Crippen LogP contribution in [0.5, 0.6) is 0 Å². The average Bonchev–Trinajstić information content (AvgIpc) is 3.43. The lowest BCUT2D eigenvalue weighted by Crippen LogP contribution is -2.17. The minimum absolute atomic E-state index is 0.343. The second-order valence-electron chi connectivity index (χ2n) is 8.79. The van der Waals surface area contributed by atoms with Crippen molar-refractivity contribution in [2.45, 2.75) is 42.4 Å². The molecule has 6 rings (SSSR count). The monoisotopic (exact) mass is 469 g/mol. The van der Waals surface area contributed by atoms with Crippen LogP contribution in [0.15, 0.2) is 72.3 Å². The van der Waals surface area contributed by atoms with Gasteiger partial charge in [0.1, 0.15) is 17.1 Å². The highest BCUT2D eigenvalue weighted by molar-refractivity contribution is 7.85. The summed E-state index contributed by atoms with van der Waals surface area (Å²) >= 11 is 0. The van der Waals surface area contributed by atoms with Crippen LogP contribution in [0, 0.1) is 6.92 Å². The van der Waals surface area contributed by atoms with E-state index >= 15 is 0 Å². The van der Waals surface area contributed by atoms with E-state index in [1.165, 1.54) is 6.42 Å². The molecule has 0 spiro atoms. The van der Waals surface area contributed by atoms with E-state index in [0.717, 1.165) is 52.7 Å². The number of hydrogen-bond acceptors (Lipinski definition) is 5. The Morgan fingerprint density at radius 1 is 1.09 bits per heavy atom. The predicted molar refractivity (Wildman–Crippen MR) is 131 cm³/mol. The van der Waals surface area contributed by atoms with Crippen molar-refractivity contribution in [1.29, 1.82) is 0 Å². The molecule has 170 valence electrons. The van der Waals surface area contributed by atoms with E-state index in [4.69, 9.17) is 4.98 Å². The molecular formula is C26H23N5O2S. The van der Waals surface area contributed by atoms with E-state index in [1.807, 2.05) is 72.5 Å². The van der Waals surface area contributed by atoms with E-state index in [-0.39, 0.29) is 0 Å². The third-order valence-electron chi connectivity index (χ3n) is 6.62. The molecule has 5 aromatic rings. The number of imidazole rings is 1. The molecule has 8 heteroatoms. The fourth-order valence-electron chi connectivity index (χ4n) is 4.44. The van der Waals surface area contributed by atoms with Gasteiger partial charge in [-0.3, -0.25) is 9.00 Å². The number of pyridine rings is 1. The maximum absolute atomic E-state index is 13.5. The Morgan fingerprint density at radius 2 is 1.91 bits per heavy atom. The van der Waals surface area contributed by atoms with E-state index in [0.29, 0.717) is 16.5 Å². The molecule has 1 fully saturated rings. The summed E-state index contributed by atoms with van der Waals surface area (Å²) in [4.78, 5) is 26.8. The number of rotatable bonds is 6. The lowest BCUT2D eigenvalue weighted by Gasteiger charge is -2.23. The molecule has 2 atom stereocenters. The van der Waals surface area contributed by atoms with Gasteiger partial charge in [-0.05, 0) is 44.0 Å². The first kappa shape index (κ1) is 20.9. The Bertz CT molecular complexity index is 1550. The first-order chi connectivity index (χ1) is 16.6. The molecule has 34 heavy (non-hydrogen) atoms. The fraction of sp³-hybridized carbons (Fsp3) is 0.231. The summed E-state index contributed by atoms with van der Waals surface area (Å²) in [5.74, 6) is 1.14. The summed E-state index contributed by atoms with van der Waals surface area (Å²) in [6.45, 7) is 1.98. The number of hydrogen-bond donors (Lipinski definition) is 0. The van der Waals surface area contributed by atoms with Crippen LogP contribution >= 0.6 is 0 Å². The zero-order valence-corrected chi connectivity index (χ0v) is 19.5.